The summed E-state index contributed by atoms with van der Waals surface area (Å²) in [6.45, 7) is 0.614. The van der Waals surface area contributed by atoms with Crippen molar-refractivity contribution in [3.63, 3.8) is 0 Å². The molecule has 5 nitrogen and oxygen atoms in total. The third-order valence-electron chi connectivity index (χ3n) is 4.46. The van der Waals surface area contributed by atoms with Gasteiger partial charge in [0.15, 0.2) is 0 Å². The molecule has 2 aliphatic rings. The van der Waals surface area contributed by atoms with E-state index in [-0.39, 0.29) is 5.54 Å². The molecular weight excluding hydrogens is 264 g/mol. The van der Waals surface area contributed by atoms with E-state index in [2.05, 4.69) is 28.3 Å². The monoisotopic (exact) mass is 282 g/mol. The zero-order valence-corrected chi connectivity index (χ0v) is 12.0. The van der Waals surface area contributed by atoms with Crippen LogP contribution < -0.4 is 5.73 Å². The summed E-state index contributed by atoms with van der Waals surface area (Å²) in [6, 6.07) is 6.99. The number of rotatable bonds is 1. The van der Waals surface area contributed by atoms with E-state index in [9.17, 15) is 0 Å². The summed E-state index contributed by atoms with van der Waals surface area (Å²) >= 11 is 0. The van der Waals surface area contributed by atoms with E-state index >= 15 is 0 Å². The topological polar surface area (TPSA) is 65.4 Å². The van der Waals surface area contributed by atoms with Crippen molar-refractivity contribution >= 4 is 6.02 Å². The molecule has 4 rings (SSSR count). The molecule has 1 atom stereocenters. The zero-order chi connectivity index (χ0) is 14.4. The quantitative estimate of drug-likeness (QED) is 0.865. The molecule has 2 heterocycles. The summed E-state index contributed by atoms with van der Waals surface area (Å²) in [6.07, 6.45) is 6.88. The maximum absolute atomic E-state index is 5.68. The molecule has 21 heavy (non-hydrogen) atoms. The van der Waals surface area contributed by atoms with Crippen LogP contribution in [0, 0.1) is 0 Å². The van der Waals surface area contributed by atoms with Crippen molar-refractivity contribution in [3.8, 4) is 11.1 Å². The Morgan fingerprint density at radius 2 is 2.19 bits per heavy atom. The van der Waals surface area contributed by atoms with Crippen LogP contribution in [0.2, 0.25) is 0 Å². The SMILES string of the molecule is Cn1cc(-c2ccc3c(c2)CCC2(COC(N)=N2)C3)cn1. The van der Waals surface area contributed by atoms with Gasteiger partial charge < -0.3 is 10.5 Å². The highest BCUT2D eigenvalue weighted by molar-refractivity contribution is 5.74. The number of hydrogen-bond acceptors (Lipinski definition) is 4. The van der Waals surface area contributed by atoms with Crippen LogP contribution in [0.5, 0.6) is 0 Å². The Morgan fingerprint density at radius 3 is 2.90 bits per heavy atom. The second-order valence-electron chi connectivity index (χ2n) is 6.03. The van der Waals surface area contributed by atoms with Gasteiger partial charge in [-0.25, -0.2) is 4.99 Å². The van der Waals surface area contributed by atoms with Crippen LogP contribution in [0.25, 0.3) is 11.1 Å². The van der Waals surface area contributed by atoms with Crippen molar-refractivity contribution in [1.82, 2.24) is 9.78 Å². The Bertz CT molecular complexity index is 734. The normalized spacial score (nSPS) is 23.8. The van der Waals surface area contributed by atoms with Crippen LogP contribution in [-0.2, 0) is 24.6 Å². The Labute approximate surface area is 123 Å². The van der Waals surface area contributed by atoms with Crippen LogP contribution in [0.1, 0.15) is 17.5 Å². The summed E-state index contributed by atoms with van der Waals surface area (Å²) < 4.78 is 7.20. The maximum atomic E-state index is 5.68. The van der Waals surface area contributed by atoms with Gasteiger partial charge in [0.25, 0.3) is 6.02 Å². The molecule has 1 aliphatic carbocycles. The third kappa shape index (κ3) is 2.09. The molecular formula is C16H18N4O. The first-order chi connectivity index (χ1) is 10.1. The molecule has 2 aromatic rings. The van der Waals surface area contributed by atoms with E-state index in [1.54, 1.807) is 0 Å². The van der Waals surface area contributed by atoms with Crippen molar-refractivity contribution in [3.05, 3.63) is 41.7 Å². The number of hydrogen-bond donors (Lipinski definition) is 1. The predicted molar refractivity (Wildman–Crippen MR) is 81.0 cm³/mol. The predicted octanol–water partition coefficient (Wildman–Crippen LogP) is 1.66. The van der Waals surface area contributed by atoms with Gasteiger partial charge in [-0.15, -0.1) is 0 Å². The smallest absolute Gasteiger partial charge is 0.282 e. The molecule has 0 saturated carbocycles. The van der Waals surface area contributed by atoms with Gasteiger partial charge in [0, 0.05) is 25.2 Å². The number of benzene rings is 1. The molecule has 1 aliphatic heterocycles. The Kier molecular flexibility index (Phi) is 2.58. The minimum atomic E-state index is -0.132. The number of aliphatic imine (C=N–C) groups is 1. The number of nitrogens with two attached hydrogens (primary N) is 1. The first kappa shape index (κ1) is 12.4. The van der Waals surface area contributed by atoms with Gasteiger partial charge >= 0.3 is 0 Å². The number of nitrogens with zero attached hydrogens (tertiary/aromatic N) is 3. The lowest BCUT2D eigenvalue weighted by molar-refractivity contribution is 0.235. The van der Waals surface area contributed by atoms with Gasteiger partial charge in [0.2, 0.25) is 0 Å². The van der Waals surface area contributed by atoms with Gasteiger partial charge in [-0.3, -0.25) is 4.68 Å². The van der Waals surface area contributed by atoms with Crippen molar-refractivity contribution in [2.45, 2.75) is 24.8 Å². The fourth-order valence-electron chi connectivity index (χ4n) is 3.32. The summed E-state index contributed by atoms with van der Waals surface area (Å²) in [5.41, 5.74) is 10.7. The lowest BCUT2D eigenvalue weighted by atomic mass is 9.78. The molecule has 1 aromatic heterocycles. The molecule has 0 bridgehead atoms. The molecule has 0 amide bonds. The van der Waals surface area contributed by atoms with Crippen LogP contribution >= 0.6 is 0 Å². The highest BCUT2D eigenvalue weighted by Crippen LogP contribution is 2.36. The maximum Gasteiger partial charge on any atom is 0.282 e. The lowest BCUT2D eigenvalue weighted by Crippen LogP contribution is -2.35. The number of aromatic nitrogens is 2. The largest absolute Gasteiger partial charge is 0.463 e. The fraction of sp³-hybridized carbons (Fsp3) is 0.375. The van der Waals surface area contributed by atoms with Crippen molar-refractivity contribution in [1.29, 1.82) is 0 Å². The zero-order valence-electron chi connectivity index (χ0n) is 12.0. The third-order valence-corrected chi connectivity index (χ3v) is 4.46. The van der Waals surface area contributed by atoms with E-state index in [1.807, 2.05) is 24.1 Å². The molecule has 1 aromatic carbocycles. The lowest BCUT2D eigenvalue weighted by Gasteiger charge is -2.30. The number of fused-ring (bicyclic) bond motifs is 1. The highest BCUT2D eigenvalue weighted by Gasteiger charge is 2.39. The van der Waals surface area contributed by atoms with Crippen LogP contribution in [0.3, 0.4) is 0 Å². The second-order valence-corrected chi connectivity index (χ2v) is 6.03. The molecule has 0 fully saturated rings. The average Bonchev–Trinajstić information content (AvgIpc) is 3.05. The van der Waals surface area contributed by atoms with E-state index in [0.29, 0.717) is 12.6 Å². The van der Waals surface area contributed by atoms with Gasteiger partial charge in [-0.1, -0.05) is 18.2 Å². The summed E-state index contributed by atoms with van der Waals surface area (Å²) in [7, 11) is 1.94. The fourth-order valence-corrected chi connectivity index (χ4v) is 3.32. The van der Waals surface area contributed by atoms with Crippen LogP contribution in [0.4, 0.5) is 0 Å². The van der Waals surface area contributed by atoms with Crippen molar-refractivity contribution < 1.29 is 4.74 Å². The van der Waals surface area contributed by atoms with E-state index in [4.69, 9.17) is 10.5 Å². The summed E-state index contributed by atoms with van der Waals surface area (Å²) in [4.78, 5) is 4.52. The molecule has 5 heteroatoms. The van der Waals surface area contributed by atoms with Gasteiger partial charge in [-0.2, -0.15) is 5.10 Å². The summed E-state index contributed by atoms with van der Waals surface area (Å²) in [5.74, 6) is 0. The van der Waals surface area contributed by atoms with Crippen LogP contribution in [0.15, 0.2) is 35.6 Å². The summed E-state index contributed by atoms with van der Waals surface area (Å²) in [5, 5.41) is 4.24. The standard InChI is InChI=1S/C16H18N4O/c1-20-9-14(8-18-20)11-2-3-13-7-16(5-4-12(13)6-11)10-21-15(17)19-16/h2-3,6,8-9H,4-5,7,10H2,1H3,(H2,17,19). The number of aryl methyl sites for hydroxylation is 2. The molecule has 108 valence electrons. The first-order valence-electron chi connectivity index (χ1n) is 7.23. The molecule has 1 unspecified atom stereocenters. The first-order valence-corrected chi connectivity index (χ1v) is 7.23. The van der Waals surface area contributed by atoms with E-state index in [1.165, 1.54) is 16.7 Å². The second kappa shape index (κ2) is 4.35. The molecule has 0 saturated heterocycles. The average molecular weight is 282 g/mol. The Hall–Kier alpha value is -2.30. The van der Waals surface area contributed by atoms with Crippen molar-refractivity contribution in [2.75, 3.05) is 6.61 Å². The number of ether oxygens (including phenoxy) is 1. The minimum absolute atomic E-state index is 0.132. The van der Waals surface area contributed by atoms with Gasteiger partial charge in [0.05, 0.1) is 6.20 Å². The van der Waals surface area contributed by atoms with Gasteiger partial charge in [0.1, 0.15) is 12.1 Å². The van der Waals surface area contributed by atoms with Crippen LogP contribution in [-0.4, -0.2) is 27.9 Å². The highest BCUT2D eigenvalue weighted by atomic mass is 16.5. The minimum Gasteiger partial charge on any atom is -0.463 e. The molecule has 2 N–H and O–H groups in total. The molecule has 1 spiro atoms. The Balaban J connectivity index is 1.66. The van der Waals surface area contributed by atoms with Gasteiger partial charge in [-0.05, 0) is 29.5 Å². The Morgan fingerprint density at radius 1 is 1.29 bits per heavy atom. The van der Waals surface area contributed by atoms with E-state index < -0.39 is 0 Å². The molecule has 0 radical (unpaired) electrons. The van der Waals surface area contributed by atoms with E-state index in [0.717, 1.165) is 24.8 Å². The number of amidine groups is 1. The van der Waals surface area contributed by atoms with Crippen molar-refractivity contribution in [2.24, 2.45) is 17.8 Å².